The van der Waals surface area contributed by atoms with Crippen LogP contribution in [0.15, 0.2) is 43.5 Å². The topological polar surface area (TPSA) is 104 Å². The third kappa shape index (κ3) is 3.45. The molecule has 2 aliphatic heterocycles. The van der Waals surface area contributed by atoms with E-state index in [0.29, 0.717) is 44.3 Å². The minimum atomic E-state index is -3.14. The fourth-order valence-corrected chi connectivity index (χ4v) is 4.45. The number of carbonyl (C=O) groups excluding carboxylic acids is 1. The number of fused-ring (bicyclic) bond motifs is 1. The van der Waals surface area contributed by atoms with E-state index in [1.54, 1.807) is 32.0 Å². The molecule has 0 fully saturated rings. The van der Waals surface area contributed by atoms with Crippen molar-refractivity contribution in [3.63, 3.8) is 0 Å². The van der Waals surface area contributed by atoms with Gasteiger partial charge in [0.05, 0.1) is 40.7 Å². The number of benzene rings is 1. The maximum Gasteiger partial charge on any atom is 0.417 e. The van der Waals surface area contributed by atoms with E-state index >= 15 is 0 Å². The number of hydrogen-bond donors (Lipinski definition) is 1. The van der Waals surface area contributed by atoms with Gasteiger partial charge >= 0.3 is 5.76 Å². The average molecular weight is 474 g/mol. The lowest BCUT2D eigenvalue weighted by atomic mass is 9.95. The Morgan fingerprint density at radius 1 is 1.24 bits per heavy atom. The van der Waals surface area contributed by atoms with Gasteiger partial charge < -0.3 is 9.32 Å². The van der Waals surface area contributed by atoms with Gasteiger partial charge in [0, 0.05) is 23.6 Å². The first kappa shape index (κ1) is 21.4. The lowest BCUT2D eigenvalue weighted by molar-refractivity contribution is -0.132. The van der Waals surface area contributed by atoms with Gasteiger partial charge in [-0.3, -0.25) is 14.8 Å². The Hall–Kier alpha value is -3.40. The van der Waals surface area contributed by atoms with Crippen LogP contribution in [0.3, 0.4) is 0 Å². The summed E-state index contributed by atoms with van der Waals surface area (Å²) in [6.45, 7) is 3.32. The SMILES string of the molecule is Cc1nc(C2C3=C(CN=C3c3cccc4[nH]c(=O)oc34)C(=O)N2CC(C)(F)F)nc(C)c1Cl. The second-order valence-electron chi connectivity index (χ2n) is 8.23. The van der Waals surface area contributed by atoms with E-state index in [1.165, 1.54) is 0 Å². The van der Waals surface area contributed by atoms with Gasteiger partial charge in [-0.2, -0.15) is 0 Å². The van der Waals surface area contributed by atoms with Crippen molar-refractivity contribution in [3.05, 3.63) is 67.7 Å². The number of oxazole rings is 1. The Morgan fingerprint density at radius 2 is 1.94 bits per heavy atom. The number of hydrogen-bond acceptors (Lipinski definition) is 6. The second kappa shape index (κ2) is 7.31. The molecule has 0 aliphatic carbocycles. The van der Waals surface area contributed by atoms with Crippen molar-refractivity contribution in [2.75, 3.05) is 13.1 Å². The Morgan fingerprint density at radius 3 is 2.61 bits per heavy atom. The fourth-order valence-electron chi connectivity index (χ4n) is 4.37. The van der Waals surface area contributed by atoms with E-state index in [2.05, 4.69) is 19.9 Å². The molecule has 1 atom stereocenters. The molecule has 0 bridgehead atoms. The molecule has 0 radical (unpaired) electrons. The number of rotatable bonds is 4. The first-order chi connectivity index (χ1) is 15.5. The molecule has 2 aliphatic rings. The molecular weight excluding hydrogens is 456 g/mol. The van der Waals surface area contributed by atoms with E-state index in [4.69, 9.17) is 16.0 Å². The third-order valence-corrected chi connectivity index (χ3v) is 6.22. The summed E-state index contributed by atoms with van der Waals surface area (Å²) in [6.07, 6.45) is 0. The van der Waals surface area contributed by atoms with Gasteiger partial charge in [-0.25, -0.2) is 23.5 Å². The van der Waals surface area contributed by atoms with Crippen molar-refractivity contribution in [2.24, 2.45) is 4.99 Å². The molecule has 1 aromatic carbocycles. The van der Waals surface area contributed by atoms with Gasteiger partial charge in [-0.15, -0.1) is 0 Å². The minimum absolute atomic E-state index is 0.0163. The van der Waals surface area contributed by atoms with Crippen LogP contribution in [0, 0.1) is 13.8 Å². The molecule has 11 heteroatoms. The molecule has 0 saturated carbocycles. The quantitative estimate of drug-likeness (QED) is 0.624. The Bertz CT molecular complexity index is 1430. The van der Waals surface area contributed by atoms with Crippen LogP contribution in [0.5, 0.6) is 0 Å². The molecule has 1 unspecified atom stereocenters. The zero-order valence-corrected chi connectivity index (χ0v) is 18.6. The predicted octanol–water partition coefficient (Wildman–Crippen LogP) is 3.52. The molecule has 3 aromatic rings. The summed E-state index contributed by atoms with van der Waals surface area (Å²) in [6, 6.07) is 4.09. The highest BCUT2D eigenvalue weighted by Crippen LogP contribution is 2.43. The molecule has 4 heterocycles. The van der Waals surface area contributed by atoms with Crippen molar-refractivity contribution in [1.82, 2.24) is 19.9 Å². The van der Waals surface area contributed by atoms with Crippen molar-refractivity contribution < 1.29 is 18.0 Å². The number of aliphatic imine (C=N–C) groups is 1. The highest BCUT2D eigenvalue weighted by molar-refractivity contribution is 6.31. The number of amides is 1. The molecule has 8 nitrogen and oxygen atoms in total. The standard InChI is InChI=1S/C22H18ClF2N5O3/c1-9-15(23)10(2)28-19(27-9)17-14-12(20(31)30(17)8-22(3,24)25)7-26-16(14)11-5-4-6-13-18(11)33-21(32)29-13/h4-6,17H,7-8H2,1-3H3,(H,29,32). The summed E-state index contributed by atoms with van der Waals surface area (Å²) in [4.78, 5) is 42.1. The molecule has 170 valence electrons. The number of nitrogens with zero attached hydrogens (tertiary/aromatic N) is 4. The molecule has 5 rings (SSSR count). The highest BCUT2D eigenvalue weighted by Gasteiger charge is 2.48. The van der Waals surface area contributed by atoms with Crippen LogP contribution >= 0.6 is 11.6 Å². The Labute approximate surface area is 191 Å². The molecule has 0 saturated heterocycles. The molecule has 1 amide bonds. The third-order valence-electron chi connectivity index (χ3n) is 5.67. The largest absolute Gasteiger partial charge is 0.417 e. The van der Waals surface area contributed by atoms with E-state index in [-0.39, 0.29) is 18.0 Å². The minimum Gasteiger partial charge on any atom is -0.407 e. The molecule has 2 aromatic heterocycles. The van der Waals surface area contributed by atoms with Crippen LogP contribution in [0.2, 0.25) is 5.02 Å². The summed E-state index contributed by atoms with van der Waals surface area (Å²) in [5.74, 6) is -4.15. The van der Waals surface area contributed by atoms with Gasteiger partial charge in [0.25, 0.3) is 11.8 Å². The maximum absolute atomic E-state index is 14.1. The summed E-state index contributed by atoms with van der Waals surface area (Å²) in [5.41, 5.74) is 3.25. The Balaban J connectivity index is 1.71. The number of aryl methyl sites for hydroxylation is 2. The number of alkyl halides is 2. The summed E-state index contributed by atoms with van der Waals surface area (Å²) >= 11 is 6.22. The van der Waals surface area contributed by atoms with Crippen LogP contribution in [0.4, 0.5) is 8.78 Å². The second-order valence-corrected chi connectivity index (χ2v) is 8.60. The lowest BCUT2D eigenvalue weighted by Crippen LogP contribution is -2.40. The summed E-state index contributed by atoms with van der Waals surface area (Å²) < 4.78 is 33.5. The number of aromatic nitrogens is 3. The summed E-state index contributed by atoms with van der Waals surface area (Å²) in [7, 11) is 0. The first-order valence-electron chi connectivity index (χ1n) is 10.1. The van der Waals surface area contributed by atoms with E-state index in [1.807, 2.05) is 0 Å². The van der Waals surface area contributed by atoms with Crippen molar-refractivity contribution in [2.45, 2.75) is 32.7 Å². The van der Waals surface area contributed by atoms with Gasteiger partial charge in [-0.05, 0) is 26.0 Å². The summed E-state index contributed by atoms with van der Waals surface area (Å²) in [5, 5.41) is 0.365. The molecular formula is C22H18ClF2N5O3. The smallest absolute Gasteiger partial charge is 0.407 e. The van der Waals surface area contributed by atoms with Crippen LogP contribution in [-0.4, -0.2) is 50.5 Å². The zero-order chi connectivity index (χ0) is 23.7. The van der Waals surface area contributed by atoms with E-state index < -0.39 is 30.2 Å². The van der Waals surface area contributed by atoms with Crippen LogP contribution in [0.25, 0.3) is 11.1 Å². The van der Waals surface area contributed by atoms with Gasteiger partial charge in [0.15, 0.2) is 11.4 Å². The number of carbonyl (C=O) groups is 1. The molecule has 1 N–H and O–H groups in total. The Kier molecular flexibility index (Phi) is 4.75. The van der Waals surface area contributed by atoms with Crippen molar-refractivity contribution in [3.8, 4) is 0 Å². The highest BCUT2D eigenvalue weighted by atomic mass is 35.5. The number of nitrogens with one attached hydrogen (secondary N) is 1. The van der Waals surface area contributed by atoms with Crippen LogP contribution in [0.1, 0.15) is 35.7 Å². The average Bonchev–Trinajstić information content (AvgIpc) is 3.38. The first-order valence-corrected chi connectivity index (χ1v) is 10.5. The van der Waals surface area contributed by atoms with Crippen molar-refractivity contribution in [1.29, 1.82) is 0 Å². The van der Waals surface area contributed by atoms with Crippen molar-refractivity contribution >= 4 is 34.3 Å². The predicted molar refractivity (Wildman–Crippen MR) is 117 cm³/mol. The van der Waals surface area contributed by atoms with E-state index in [9.17, 15) is 18.4 Å². The van der Waals surface area contributed by atoms with Gasteiger partial charge in [-0.1, -0.05) is 17.7 Å². The van der Waals surface area contributed by atoms with Crippen LogP contribution in [-0.2, 0) is 4.79 Å². The monoisotopic (exact) mass is 473 g/mol. The maximum atomic E-state index is 14.1. The normalized spacial score (nSPS) is 18.5. The number of halogens is 3. The lowest BCUT2D eigenvalue weighted by Gasteiger charge is -2.29. The van der Waals surface area contributed by atoms with Gasteiger partial charge in [0.2, 0.25) is 0 Å². The molecule has 0 spiro atoms. The zero-order valence-electron chi connectivity index (χ0n) is 17.9. The molecule has 33 heavy (non-hydrogen) atoms. The number of para-hydroxylation sites is 1. The van der Waals surface area contributed by atoms with E-state index in [0.717, 1.165) is 11.8 Å². The van der Waals surface area contributed by atoms with Crippen LogP contribution < -0.4 is 5.76 Å². The number of H-pyrrole nitrogens is 1. The number of aromatic amines is 1. The van der Waals surface area contributed by atoms with Gasteiger partial charge in [0.1, 0.15) is 6.04 Å². The fraction of sp³-hybridized carbons (Fsp3) is 0.318.